The molecule has 0 saturated heterocycles. The molecule has 0 bridgehead atoms. The van der Waals surface area contributed by atoms with Gasteiger partial charge >= 0.3 is 5.97 Å². The van der Waals surface area contributed by atoms with Crippen molar-refractivity contribution in [3.8, 4) is 5.69 Å². The van der Waals surface area contributed by atoms with E-state index in [0.29, 0.717) is 11.9 Å². The second-order valence-electron chi connectivity index (χ2n) is 6.57. The van der Waals surface area contributed by atoms with Gasteiger partial charge in [-0.3, -0.25) is 9.89 Å². The van der Waals surface area contributed by atoms with Crippen molar-refractivity contribution in [2.24, 2.45) is 0 Å². The molecule has 0 aliphatic carbocycles. The molecule has 0 aliphatic rings. The zero-order valence-electron chi connectivity index (χ0n) is 15.8. The molecule has 0 aliphatic heterocycles. The minimum Gasteiger partial charge on any atom is -0.451 e. The molecule has 146 valence electrons. The predicted octanol–water partition coefficient (Wildman–Crippen LogP) is 2.56. The van der Waals surface area contributed by atoms with Gasteiger partial charge in [-0.25, -0.2) is 9.48 Å². The van der Waals surface area contributed by atoms with Crippen LogP contribution in [0, 0.1) is 0 Å². The standard InChI is InChI=1S/C21H19N5O3/c1-25(12-15-11-22-26(13-15)16-7-3-2-4-8-16)19(27)14-29-21(28)20-17-9-5-6-10-18(17)23-24-20/h2-11,13H,12,14H2,1H3,(H,23,24). The molecule has 2 aromatic carbocycles. The number of fused-ring (bicyclic) bond motifs is 1. The Morgan fingerprint density at radius 1 is 1.10 bits per heavy atom. The van der Waals surface area contributed by atoms with Gasteiger partial charge in [-0.2, -0.15) is 10.2 Å². The normalized spacial score (nSPS) is 10.8. The van der Waals surface area contributed by atoms with Gasteiger partial charge in [0.05, 0.1) is 17.4 Å². The Hall–Kier alpha value is -3.94. The number of carbonyl (C=O) groups excluding carboxylic acids is 2. The molecule has 0 spiro atoms. The molecule has 8 heteroatoms. The Labute approximate surface area is 166 Å². The summed E-state index contributed by atoms with van der Waals surface area (Å²) in [5.74, 6) is -0.952. The van der Waals surface area contributed by atoms with Crippen LogP contribution in [0.1, 0.15) is 16.1 Å². The topological polar surface area (TPSA) is 93.1 Å². The Bertz CT molecular complexity index is 1150. The third-order valence-electron chi connectivity index (χ3n) is 4.49. The van der Waals surface area contributed by atoms with Crippen molar-refractivity contribution in [3.63, 3.8) is 0 Å². The third kappa shape index (κ3) is 4.01. The van der Waals surface area contributed by atoms with Crippen molar-refractivity contribution in [2.45, 2.75) is 6.54 Å². The summed E-state index contributed by atoms with van der Waals surface area (Å²) in [5.41, 5.74) is 2.71. The summed E-state index contributed by atoms with van der Waals surface area (Å²) in [7, 11) is 1.65. The number of amides is 1. The maximum Gasteiger partial charge on any atom is 0.359 e. The maximum absolute atomic E-state index is 12.4. The summed E-state index contributed by atoms with van der Waals surface area (Å²) in [4.78, 5) is 26.1. The number of benzene rings is 2. The number of ether oxygens (including phenoxy) is 1. The zero-order chi connectivity index (χ0) is 20.2. The van der Waals surface area contributed by atoms with Gasteiger partial charge in [-0.15, -0.1) is 0 Å². The molecule has 1 amide bonds. The van der Waals surface area contributed by atoms with Gasteiger partial charge in [-0.1, -0.05) is 36.4 Å². The van der Waals surface area contributed by atoms with Crippen LogP contribution in [-0.4, -0.2) is 50.4 Å². The number of nitrogens with zero attached hydrogens (tertiary/aromatic N) is 4. The molecule has 2 heterocycles. The SMILES string of the molecule is CN(Cc1cnn(-c2ccccc2)c1)C(=O)COC(=O)c1n[nH]c2ccccc12. The van der Waals surface area contributed by atoms with Crippen LogP contribution in [0.2, 0.25) is 0 Å². The van der Waals surface area contributed by atoms with Gasteiger partial charge in [0.2, 0.25) is 0 Å². The maximum atomic E-state index is 12.4. The van der Waals surface area contributed by atoms with E-state index in [-0.39, 0.29) is 18.2 Å². The van der Waals surface area contributed by atoms with Crippen LogP contribution < -0.4 is 0 Å². The third-order valence-corrected chi connectivity index (χ3v) is 4.49. The van der Waals surface area contributed by atoms with Crippen LogP contribution in [0.3, 0.4) is 0 Å². The predicted molar refractivity (Wildman–Crippen MR) is 106 cm³/mol. The van der Waals surface area contributed by atoms with E-state index in [0.717, 1.165) is 16.8 Å². The number of rotatable bonds is 6. The molecule has 1 N–H and O–H groups in total. The summed E-state index contributed by atoms with van der Waals surface area (Å²) in [6.07, 6.45) is 3.57. The van der Waals surface area contributed by atoms with Crippen LogP contribution in [-0.2, 0) is 16.1 Å². The highest BCUT2D eigenvalue weighted by Gasteiger charge is 2.18. The molecule has 0 saturated carbocycles. The molecule has 4 rings (SSSR count). The van der Waals surface area contributed by atoms with E-state index in [1.807, 2.05) is 54.7 Å². The number of para-hydroxylation sites is 2. The fraction of sp³-hybridized carbons (Fsp3) is 0.143. The minimum absolute atomic E-state index is 0.167. The van der Waals surface area contributed by atoms with E-state index in [9.17, 15) is 9.59 Å². The summed E-state index contributed by atoms with van der Waals surface area (Å²) in [6, 6.07) is 16.9. The van der Waals surface area contributed by atoms with Crippen molar-refractivity contribution in [1.82, 2.24) is 24.9 Å². The highest BCUT2D eigenvalue weighted by Crippen LogP contribution is 2.16. The van der Waals surface area contributed by atoms with Gasteiger partial charge < -0.3 is 9.64 Å². The quantitative estimate of drug-likeness (QED) is 0.512. The molecule has 0 atom stereocenters. The lowest BCUT2D eigenvalue weighted by atomic mass is 10.2. The van der Waals surface area contributed by atoms with E-state index in [1.54, 1.807) is 24.0 Å². The average molecular weight is 389 g/mol. The number of H-pyrrole nitrogens is 1. The van der Waals surface area contributed by atoms with Crippen LogP contribution >= 0.6 is 0 Å². The Morgan fingerprint density at radius 2 is 1.86 bits per heavy atom. The van der Waals surface area contributed by atoms with Gasteiger partial charge in [0.1, 0.15) is 0 Å². The lowest BCUT2D eigenvalue weighted by molar-refractivity contribution is -0.133. The lowest BCUT2D eigenvalue weighted by Gasteiger charge is -2.15. The van der Waals surface area contributed by atoms with Gasteiger partial charge in [0, 0.05) is 30.7 Å². The lowest BCUT2D eigenvalue weighted by Crippen LogP contribution is -2.30. The number of likely N-dealkylation sites (N-methyl/N-ethyl adjacent to an activating group) is 1. The van der Waals surface area contributed by atoms with Crippen molar-refractivity contribution in [2.75, 3.05) is 13.7 Å². The molecule has 4 aromatic rings. The molecular formula is C21H19N5O3. The number of hydrogen-bond acceptors (Lipinski definition) is 5. The Morgan fingerprint density at radius 3 is 2.69 bits per heavy atom. The fourth-order valence-electron chi connectivity index (χ4n) is 2.95. The fourth-order valence-corrected chi connectivity index (χ4v) is 2.95. The first kappa shape index (κ1) is 18.4. The van der Waals surface area contributed by atoms with E-state index >= 15 is 0 Å². The number of esters is 1. The van der Waals surface area contributed by atoms with Crippen molar-refractivity contribution in [1.29, 1.82) is 0 Å². The monoisotopic (exact) mass is 389 g/mol. The van der Waals surface area contributed by atoms with Gasteiger partial charge in [-0.05, 0) is 18.2 Å². The second-order valence-corrected chi connectivity index (χ2v) is 6.57. The molecule has 0 radical (unpaired) electrons. The second kappa shape index (κ2) is 7.97. The van der Waals surface area contributed by atoms with E-state index < -0.39 is 5.97 Å². The number of aromatic nitrogens is 4. The molecule has 8 nitrogen and oxygen atoms in total. The molecular weight excluding hydrogens is 370 g/mol. The summed E-state index contributed by atoms with van der Waals surface area (Å²) in [6.45, 7) is -0.00209. The summed E-state index contributed by atoms with van der Waals surface area (Å²) >= 11 is 0. The molecule has 0 fully saturated rings. The van der Waals surface area contributed by atoms with Gasteiger partial charge in [0.15, 0.2) is 12.3 Å². The Kier molecular flexibility index (Phi) is 5.07. The van der Waals surface area contributed by atoms with Crippen molar-refractivity contribution >= 4 is 22.8 Å². The van der Waals surface area contributed by atoms with Crippen molar-refractivity contribution < 1.29 is 14.3 Å². The number of nitrogens with one attached hydrogen (secondary N) is 1. The van der Waals surface area contributed by atoms with Crippen LogP contribution in [0.4, 0.5) is 0 Å². The highest BCUT2D eigenvalue weighted by atomic mass is 16.5. The highest BCUT2D eigenvalue weighted by molar-refractivity contribution is 6.02. The molecule has 0 unspecified atom stereocenters. The Balaban J connectivity index is 1.34. The smallest absolute Gasteiger partial charge is 0.359 e. The molecule has 2 aromatic heterocycles. The average Bonchev–Trinajstić information content (AvgIpc) is 3.39. The number of carbonyl (C=O) groups is 2. The minimum atomic E-state index is -0.638. The summed E-state index contributed by atoms with van der Waals surface area (Å²) < 4.78 is 6.90. The summed E-state index contributed by atoms with van der Waals surface area (Å²) in [5, 5.41) is 11.7. The zero-order valence-corrected chi connectivity index (χ0v) is 15.8. The van der Waals surface area contributed by atoms with E-state index in [2.05, 4.69) is 15.3 Å². The first-order valence-corrected chi connectivity index (χ1v) is 9.05. The van der Waals surface area contributed by atoms with Crippen LogP contribution in [0.15, 0.2) is 67.0 Å². The van der Waals surface area contributed by atoms with E-state index in [1.165, 1.54) is 4.90 Å². The van der Waals surface area contributed by atoms with Crippen molar-refractivity contribution in [3.05, 3.63) is 78.2 Å². The van der Waals surface area contributed by atoms with Crippen LogP contribution in [0.25, 0.3) is 16.6 Å². The number of aromatic amines is 1. The first-order chi connectivity index (χ1) is 14.1. The first-order valence-electron chi connectivity index (χ1n) is 9.05. The van der Waals surface area contributed by atoms with E-state index in [4.69, 9.17) is 4.74 Å². The molecule has 29 heavy (non-hydrogen) atoms. The largest absolute Gasteiger partial charge is 0.451 e. The number of hydrogen-bond donors (Lipinski definition) is 1. The van der Waals surface area contributed by atoms with Crippen LogP contribution in [0.5, 0.6) is 0 Å². The van der Waals surface area contributed by atoms with Gasteiger partial charge in [0.25, 0.3) is 5.91 Å².